The Morgan fingerprint density at radius 1 is 1.55 bits per heavy atom. The van der Waals surface area contributed by atoms with E-state index in [4.69, 9.17) is 0 Å². The van der Waals surface area contributed by atoms with Crippen LogP contribution in [0.3, 0.4) is 0 Å². The van der Waals surface area contributed by atoms with Gasteiger partial charge >= 0.3 is 11.8 Å². The van der Waals surface area contributed by atoms with Gasteiger partial charge in [-0.3, -0.25) is 0 Å². The van der Waals surface area contributed by atoms with Crippen molar-refractivity contribution in [3.8, 4) is 0 Å². The minimum Gasteiger partial charge on any atom is -0.465 e. The van der Waals surface area contributed by atoms with Crippen molar-refractivity contribution in [3.63, 3.8) is 0 Å². The van der Waals surface area contributed by atoms with E-state index in [9.17, 15) is 19.3 Å². The lowest BCUT2D eigenvalue weighted by Gasteiger charge is -2.05. The van der Waals surface area contributed by atoms with Crippen molar-refractivity contribution in [2.75, 3.05) is 7.11 Å². The van der Waals surface area contributed by atoms with Crippen LogP contribution in [0.4, 0.5) is 10.2 Å². The maximum absolute atomic E-state index is 13.7. The smallest absolute Gasteiger partial charge is 0.381 e. The first-order chi connectivity index (χ1) is 9.51. The van der Waals surface area contributed by atoms with Crippen molar-refractivity contribution < 1.29 is 18.8 Å². The van der Waals surface area contributed by atoms with Crippen LogP contribution in [0.15, 0.2) is 30.7 Å². The van der Waals surface area contributed by atoms with Crippen molar-refractivity contribution in [2.24, 2.45) is 0 Å². The van der Waals surface area contributed by atoms with Gasteiger partial charge in [-0.05, 0) is 27.6 Å². The number of ether oxygens (including phenoxy) is 1. The normalized spacial score (nSPS) is 10.3. The molecule has 0 saturated heterocycles. The zero-order valence-corrected chi connectivity index (χ0v) is 10.4. The van der Waals surface area contributed by atoms with E-state index >= 15 is 0 Å². The van der Waals surface area contributed by atoms with E-state index in [1.165, 1.54) is 36.3 Å². The average Bonchev–Trinajstić information content (AvgIpc) is 2.87. The van der Waals surface area contributed by atoms with Gasteiger partial charge in [-0.2, -0.15) is 0 Å². The molecule has 8 heteroatoms. The predicted octanol–water partition coefficient (Wildman–Crippen LogP) is 1.77. The fourth-order valence-corrected chi connectivity index (χ4v) is 1.67. The van der Waals surface area contributed by atoms with E-state index in [0.29, 0.717) is 5.56 Å². The number of hydrogen-bond donors (Lipinski definition) is 0. The van der Waals surface area contributed by atoms with Crippen LogP contribution in [0.5, 0.6) is 0 Å². The Morgan fingerprint density at radius 3 is 2.85 bits per heavy atom. The number of carbonyl (C=O) groups is 1. The molecule has 0 saturated carbocycles. The van der Waals surface area contributed by atoms with Crippen LogP contribution in [-0.4, -0.2) is 27.6 Å². The summed E-state index contributed by atoms with van der Waals surface area (Å²) in [6, 6.07) is 4.03. The second-order valence-corrected chi connectivity index (χ2v) is 3.97. The van der Waals surface area contributed by atoms with E-state index < -0.39 is 16.7 Å². The van der Waals surface area contributed by atoms with Gasteiger partial charge in [-0.15, -0.1) is 0 Å². The highest BCUT2D eigenvalue weighted by Gasteiger charge is 2.14. The van der Waals surface area contributed by atoms with Crippen LogP contribution in [-0.2, 0) is 11.3 Å². The number of hydrogen-bond acceptors (Lipinski definition) is 5. The quantitative estimate of drug-likeness (QED) is 0.483. The number of rotatable bonds is 4. The fraction of sp³-hybridized carbons (Fsp3) is 0.167. The highest BCUT2D eigenvalue weighted by molar-refractivity contribution is 5.89. The Hall–Kier alpha value is -2.77. The Balaban J connectivity index is 2.19. The molecule has 0 aliphatic carbocycles. The van der Waals surface area contributed by atoms with Gasteiger partial charge in [0.1, 0.15) is 12.0 Å². The third kappa shape index (κ3) is 2.79. The van der Waals surface area contributed by atoms with Crippen molar-refractivity contribution in [2.45, 2.75) is 6.54 Å². The summed E-state index contributed by atoms with van der Waals surface area (Å²) in [5, 5.41) is 10.5. The molecule has 1 aromatic carbocycles. The summed E-state index contributed by atoms with van der Waals surface area (Å²) >= 11 is 0. The number of methoxy groups -OCH3 is 1. The van der Waals surface area contributed by atoms with Crippen molar-refractivity contribution in [1.82, 2.24) is 9.55 Å². The number of aromatic nitrogens is 2. The molecule has 0 bridgehead atoms. The highest BCUT2D eigenvalue weighted by Crippen LogP contribution is 2.14. The summed E-state index contributed by atoms with van der Waals surface area (Å²) in [5.41, 5.74) is 0.385. The lowest BCUT2D eigenvalue weighted by Crippen LogP contribution is -2.06. The zero-order valence-electron chi connectivity index (χ0n) is 10.4. The lowest BCUT2D eigenvalue weighted by atomic mass is 10.1. The first kappa shape index (κ1) is 13.7. The molecule has 2 rings (SSSR count). The largest absolute Gasteiger partial charge is 0.465 e. The SMILES string of the molecule is COC(=O)c1ccc(Cn2cnc([N+](=O)[O-])c2)cc1F. The molecule has 20 heavy (non-hydrogen) atoms. The molecule has 0 aliphatic rings. The molecule has 0 fully saturated rings. The maximum atomic E-state index is 13.7. The first-order valence-electron chi connectivity index (χ1n) is 5.54. The van der Waals surface area contributed by atoms with Gasteiger partial charge in [0, 0.05) is 0 Å². The molecular weight excluding hydrogens is 269 g/mol. The minimum absolute atomic E-state index is 0.159. The molecule has 0 radical (unpaired) electrons. The number of halogens is 1. The molecule has 1 heterocycles. The van der Waals surface area contributed by atoms with Crippen molar-refractivity contribution in [3.05, 3.63) is 57.8 Å². The number of carbonyl (C=O) groups excluding carboxylic acids is 1. The minimum atomic E-state index is -0.757. The third-order valence-corrected chi connectivity index (χ3v) is 2.61. The van der Waals surface area contributed by atoms with E-state index in [1.807, 2.05) is 0 Å². The topological polar surface area (TPSA) is 87.3 Å². The Bertz CT molecular complexity index is 668. The van der Waals surface area contributed by atoms with Gasteiger partial charge < -0.3 is 19.4 Å². The van der Waals surface area contributed by atoms with Crippen LogP contribution in [0, 0.1) is 15.9 Å². The zero-order chi connectivity index (χ0) is 14.7. The number of nitro groups is 1. The molecule has 104 valence electrons. The maximum Gasteiger partial charge on any atom is 0.381 e. The Kier molecular flexibility index (Phi) is 3.74. The summed E-state index contributed by atoms with van der Waals surface area (Å²) < 4.78 is 19.6. The second-order valence-electron chi connectivity index (χ2n) is 3.97. The Labute approximate surface area is 112 Å². The van der Waals surface area contributed by atoms with Crippen LogP contribution in [0.1, 0.15) is 15.9 Å². The molecule has 0 spiro atoms. The molecule has 0 amide bonds. The molecule has 0 N–H and O–H groups in total. The van der Waals surface area contributed by atoms with Crippen molar-refractivity contribution in [1.29, 1.82) is 0 Å². The van der Waals surface area contributed by atoms with Gasteiger partial charge in [-0.1, -0.05) is 6.07 Å². The number of esters is 1. The predicted molar refractivity (Wildman–Crippen MR) is 65.7 cm³/mol. The monoisotopic (exact) mass is 279 g/mol. The van der Waals surface area contributed by atoms with E-state index in [1.54, 1.807) is 6.07 Å². The lowest BCUT2D eigenvalue weighted by molar-refractivity contribution is -0.389. The molecule has 1 aromatic heterocycles. The number of benzene rings is 1. The second kappa shape index (κ2) is 5.47. The van der Waals surface area contributed by atoms with Crippen LogP contribution in [0.25, 0.3) is 0 Å². The van der Waals surface area contributed by atoms with Crippen LogP contribution >= 0.6 is 0 Å². The van der Waals surface area contributed by atoms with Gasteiger partial charge in [0.15, 0.2) is 0 Å². The number of nitrogens with zero attached hydrogens (tertiary/aromatic N) is 3. The molecule has 0 aliphatic heterocycles. The van der Waals surface area contributed by atoms with Gasteiger partial charge in [0.2, 0.25) is 6.33 Å². The van der Waals surface area contributed by atoms with Crippen molar-refractivity contribution >= 4 is 11.8 Å². The van der Waals surface area contributed by atoms with E-state index in [-0.39, 0.29) is 17.9 Å². The van der Waals surface area contributed by atoms with E-state index in [2.05, 4.69) is 9.72 Å². The van der Waals surface area contributed by atoms with Crippen LogP contribution in [0.2, 0.25) is 0 Å². The van der Waals surface area contributed by atoms with E-state index in [0.717, 1.165) is 0 Å². The molecular formula is C12H10FN3O4. The molecule has 2 aromatic rings. The Morgan fingerprint density at radius 2 is 2.30 bits per heavy atom. The summed E-state index contributed by atoms with van der Waals surface area (Å²) in [6.45, 7) is 0.208. The summed E-state index contributed by atoms with van der Waals surface area (Å²) in [5.74, 6) is -1.74. The van der Waals surface area contributed by atoms with Gasteiger partial charge in [-0.25, -0.2) is 9.18 Å². The third-order valence-electron chi connectivity index (χ3n) is 2.61. The standard InChI is InChI=1S/C12H10FN3O4/c1-20-12(17)9-3-2-8(4-10(9)13)5-15-6-11(14-7-15)16(18)19/h2-4,6-7H,5H2,1H3. The first-order valence-corrected chi connectivity index (χ1v) is 5.54. The summed E-state index contributed by atoms with van der Waals surface area (Å²) in [6.07, 6.45) is 2.52. The molecule has 0 atom stereocenters. The molecule has 7 nitrogen and oxygen atoms in total. The fourth-order valence-electron chi connectivity index (χ4n) is 1.67. The summed E-state index contributed by atoms with van der Waals surface area (Å²) in [4.78, 5) is 24.7. The molecule has 0 unspecified atom stereocenters. The number of imidazole rings is 1. The van der Waals surface area contributed by atoms with Crippen LogP contribution < -0.4 is 0 Å². The average molecular weight is 279 g/mol. The summed E-state index contributed by atoms with van der Waals surface area (Å²) in [7, 11) is 1.17. The van der Waals surface area contributed by atoms with Gasteiger partial charge in [0.05, 0.1) is 19.2 Å². The van der Waals surface area contributed by atoms with Gasteiger partial charge in [0.25, 0.3) is 0 Å². The highest BCUT2D eigenvalue weighted by atomic mass is 19.1.